The van der Waals surface area contributed by atoms with Crippen molar-refractivity contribution in [2.45, 2.75) is 50.0 Å². The number of carbonyl (C=O) groups excluding carboxylic acids is 2. The average Bonchev–Trinajstić information content (AvgIpc) is 4.09. The third kappa shape index (κ3) is 9.89. The molecule has 0 aliphatic carbocycles. The summed E-state index contributed by atoms with van der Waals surface area (Å²) in [6.45, 7) is 13.7. The summed E-state index contributed by atoms with van der Waals surface area (Å²) in [5, 5.41) is 43.9. The number of hydrogen-bond acceptors (Lipinski definition) is 16. The molecule has 0 spiro atoms. The van der Waals surface area contributed by atoms with Gasteiger partial charge in [-0.1, -0.05) is 49.3 Å². The van der Waals surface area contributed by atoms with Gasteiger partial charge in [0, 0.05) is 109 Å². The molecule has 2 saturated heterocycles. The van der Waals surface area contributed by atoms with Crippen molar-refractivity contribution in [3.8, 4) is 0 Å². The van der Waals surface area contributed by atoms with Gasteiger partial charge in [0.15, 0.2) is 11.4 Å². The summed E-state index contributed by atoms with van der Waals surface area (Å²) in [5.74, 6) is 1.12. The Balaban J connectivity index is 0.796. The van der Waals surface area contributed by atoms with Gasteiger partial charge in [-0.25, -0.2) is 0 Å². The molecular formula is C52H66N8O8S2. The Bertz CT molecular complexity index is 2340. The number of aliphatic imine (C=N–C) groups is 2. The Morgan fingerprint density at radius 2 is 0.971 bits per heavy atom. The van der Waals surface area contributed by atoms with E-state index in [0.717, 1.165) is 45.3 Å². The number of ether oxygens (including phenoxy) is 2. The number of aliphatic hydroxyl groups excluding tert-OH is 4. The minimum absolute atomic E-state index is 0.00707. The molecule has 4 heterocycles. The molecule has 2 fully saturated rings. The molecule has 70 heavy (non-hydrogen) atoms. The monoisotopic (exact) mass is 994 g/mol. The third-order valence-corrected chi connectivity index (χ3v) is 16.4. The summed E-state index contributed by atoms with van der Waals surface area (Å²) in [5.41, 5.74) is 5.86. The second-order valence-electron chi connectivity index (χ2n) is 18.7. The fourth-order valence-corrected chi connectivity index (χ4v) is 12.1. The third-order valence-electron chi connectivity index (χ3n) is 14.0. The Morgan fingerprint density at radius 1 is 0.600 bits per heavy atom. The Kier molecular flexibility index (Phi) is 16.1. The maximum absolute atomic E-state index is 13.4. The van der Waals surface area contributed by atoms with Crippen LogP contribution in [-0.2, 0) is 20.3 Å². The Hall–Kier alpha value is -5.18. The van der Waals surface area contributed by atoms with Gasteiger partial charge < -0.3 is 60.1 Å². The van der Waals surface area contributed by atoms with E-state index in [1.165, 1.54) is 0 Å². The van der Waals surface area contributed by atoms with Crippen molar-refractivity contribution < 1.29 is 39.5 Å². The van der Waals surface area contributed by atoms with Gasteiger partial charge in [-0.2, -0.15) is 0 Å². The highest BCUT2D eigenvalue weighted by Crippen LogP contribution is 2.55. The van der Waals surface area contributed by atoms with Crippen LogP contribution in [0.25, 0.3) is 0 Å². The number of amides is 2. The van der Waals surface area contributed by atoms with Gasteiger partial charge in [-0.15, -0.1) is 0 Å². The van der Waals surface area contributed by atoms with Crippen molar-refractivity contribution in [2.75, 3.05) is 123 Å². The molecule has 6 N–H and O–H groups in total. The first-order chi connectivity index (χ1) is 33.8. The lowest BCUT2D eigenvalue weighted by Crippen LogP contribution is -2.54. The van der Waals surface area contributed by atoms with Crippen molar-refractivity contribution in [1.29, 1.82) is 0 Å². The van der Waals surface area contributed by atoms with E-state index in [4.69, 9.17) is 19.5 Å². The second kappa shape index (κ2) is 22.1. The predicted molar refractivity (Wildman–Crippen MR) is 283 cm³/mol. The van der Waals surface area contributed by atoms with Gasteiger partial charge in [0.1, 0.15) is 0 Å². The van der Waals surface area contributed by atoms with Crippen LogP contribution in [0.1, 0.15) is 59.5 Å². The SMILES string of the molecule is CC1(C)c2cc(C(=O)NCCSSCCNC(=O)c3ccc4c(c3)C(C)(C)C3(C=Nc5ccc(N(CCO)CCO)cc5)OCCN43)ccc2N2CCOC21C=Nc1ccc(N(CCO)CCO)cc1. The number of anilines is 4. The molecule has 18 heteroatoms. The van der Waals surface area contributed by atoms with Crippen LogP contribution < -0.4 is 30.2 Å². The van der Waals surface area contributed by atoms with Gasteiger partial charge in [-0.3, -0.25) is 19.6 Å². The van der Waals surface area contributed by atoms with E-state index in [1.54, 1.807) is 21.6 Å². The molecule has 4 aromatic rings. The van der Waals surface area contributed by atoms with Crippen molar-refractivity contribution in [3.63, 3.8) is 0 Å². The molecule has 0 aromatic heterocycles. The van der Waals surface area contributed by atoms with Crippen molar-refractivity contribution in [3.05, 3.63) is 107 Å². The van der Waals surface area contributed by atoms with Crippen LogP contribution >= 0.6 is 21.6 Å². The number of aliphatic hydroxyl groups is 4. The van der Waals surface area contributed by atoms with Gasteiger partial charge in [0.25, 0.3) is 11.8 Å². The smallest absolute Gasteiger partial charge is 0.251 e. The highest BCUT2D eigenvalue weighted by Gasteiger charge is 2.61. The summed E-state index contributed by atoms with van der Waals surface area (Å²) in [7, 11) is 3.30. The summed E-state index contributed by atoms with van der Waals surface area (Å²) in [6.07, 6.45) is 3.76. The lowest BCUT2D eigenvalue weighted by molar-refractivity contribution is 0.0205. The predicted octanol–water partition coefficient (Wildman–Crippen LogP) is 5.26. The highest BCUT2D eigenvalue weighted by molar-refractivity contribution is 8.76. The molecule has 0 radical (unpaired) electrons. The van der Waals surface area contributed by atoms with E-state index < -0.39 is 22.3 Å². The van der Waals surface area contributed by atoms with Crippen LogP contribution in [0.5, 0.6) is 0 Å². The zero-order valence-electron chi connectivity index (χ0n) is 40.5. The minimum atomic E-state index is -0.829. The average molecular weight is 995 g/mol. The largest absolute Gasteiger partial charge is 0.395 e. The van der Waals surface area contributed by atoms with Crippen molar-refractivity contribution in [2.24, 2.45) is 9.98 Å². The van der Waals surface area contributed by atoms with E-state index in [-0.39, 0.29) is 38.2 Å². The van der Waals surface area contributed by atoms with Crippen LogP contribution in [0.2, 0.25) is 0 Å². The summed E-state index contributed by atoms with van der Waals surface area (Å²) >= 11 is 0. The first kappa shape index (κ1) is 51.2. The molecule has 0 saturated carbocycles. The van der Waals surface area contributed by atoms with Crippen molar-refractivity contribution in [1.82, 2.24) is 10.6 Å². The van der Waals surface area contributed by atoms with E-state index in [1.807, 2.05) is 107 Å². The number of fused-ring (bicyclic) bond motifs is 6. The molecule has 16 nitrogen and oxygen atoms in total. The Morgan fingerprint density at radius 3 is 1.33 bits per heavy atom. The molecule has 8 rings (SSSR count). The van der Waals surface area contributed by atoms with Crippen LogP contribution in [0.4, 0.5) is 34.1 Å². The van der Waals surface area contributed by atoms with E-state index >= 15 is 0 Å². The lowest BCUT2D eigenvalue weighted by Gasteiger charge is -2.38. The van der Waals surface area contributed by atoms with Crippen molar-refractivity contribution >= 4 is 80.0 Å². The quantitative estimate of drug-likeness (QED) is 0.0320. The molecule has 4 aliphatic rings. The zero-order valence-corrected chi connectivity index (χ0v) is 42.1. The number of nitrogens with zero attached hydrogens (tertiary/aromatic N) is 6. The van der Waals surface area contributed by atoms with E-state index in [0.29, 0.717) is 88.2 Å². The molecule has 4 aliphatic heterocycles. The topological polar surface area (TPSA) is 195 Å². The molecule has 2 atom stereocenters. The first-order valence-corrected chi connectivity index (χ1v) is 26.5. The van der Waals surface area contributed by atoms with E-state index in [9.17, 15) is 30.0 Å². The Labute approximate surface area is 418 Å². The maximum Gasteiger partial charge on any atom is 0.251 e. The van der Waals surface area contributed by atoms with Crippen LogP contribution in [0, 0.1) is 0 Å². The van der Waals surface area contributed by atoms with Crippen LogP contribution in [0.15, 0.2) is 94.9 Å². The maximum atomic E-state index is 13.4. The normalized spacial score (nSPS) is 20.5. The fraction of sp³-hybridized carbons (Fsp3) is 0.462. The fourth-order valence-electron chi connectivity index (χ4n) is 10.2. The number of benzene rings is 4. The standard InChI is InChI=1S/C52H66N8O8S2/c1-49(2)43-33-37(5-15-45(43)59-23-29-67-51(49,59)35-55-39-7-11-41(12-8-39)57(19-25-61)20-26-62)47(65)53-17-31-69-70-32-18-54-48(66)38-6-16-46-44(34-38)50(3,4)52(60(46)24-30-68-52)36-56-40-9-13-42(14-10-40)58(21-27-63)22-28-64/h5-16,33-36,61-64H,17-32H2,1-4H3,(H,53,65)(H,54,66). The molecule has 2 amide bonds. The molecule has 4 aromatic carbocycles. The number of rotatable bonds is 23. The molecule has 2 unspecified atom stereocenters. The summed E-state index contributed by atoms with van der Waals surface area (Å²) < 4.78 is 13.0. The molecule has 0 bridgehead atoms. The van der Waals surface area contributed by atoms with Gasteiger partial charge >= 0.3 is 0 Å². The summed E-state index contributed by atoms with van der Waals surface area (Å²) in [4.78, 5) is 44.9. The second-order valence-corrected chi connectivity index (χ2v) is 21.4. The number of carbonyl (C=O) groups is 2. The van der Waals surface area contributed by atoms with Gasteiger partial charge in [0.2, 0.25) is 0 Å². The molecular weight excluding hydrogens is 929 g/mol. The summed E-state index contributed by atoms with van der Waals surface area (Å²) in [6, 6.07) is 27.1. The van der Waals surface area contributed by atoms with Crippen LogP contribution in [0.3, 0.4) is 0 Å². The number of hydrogen-bond donors (Lipinski definition) is 6. The first-order valence-electron chi connectivity index (χ1n) is 24.0. The molecule has 374 valence electrons. The zero-order chi connectivity index (χ0) is 49.5. The minimum Gasteiger partial charge on any atom is -0.395 e. The lowest BCUT2D eigenvalue weighted by atomic mass is 9.77. The highest BCUT2D eigenvalue weighted by atomic mass is 33.1. The number of nitrogens with one attached hydrogen (secondary N) is 2. The van der Waals surface area contributed by atoms with Gasteiger partial charge in [0.05, 0.1) is 63.4 Å². The van der Waals surface area contributed by atoms with E-state index in [2.05, 4.69) is 48.1 Å². The van der Waals surface area contributed by atoms with Gasteiger partial charge in [-0.05, 0) is 96.1 Å². The van der Waals surface area contributed by atoms with Crippen LogP contribution in [-0.4, -0.2) is 160 Å².